The molecule has 0 bridgehead atoms. The molecule has 5 rings (SSSR count). The van der Waals surface area contributed by atoms with E-state index in [0.717, 1.165) is 5.56 Å². The lowest BCUT2D eigenvalue weighted by Gasteiger charge is -2.27. The summed E-state index contributed by atoms with van der Waals surface area (Å²) in [7, 11) is 0. The van der Waals surface area contributed by atoms with E-state index in [2.05, 4.69) is 0 Å². The molecule has 0 saturated carbocycles. The maximum atomic E-state index is 13.5. The van der Waals surface area contributed by atoms with Gasteiger partial charge >= 0.3 is 0 Å². The van der Waals surface area contributed by atoms with Crippen LogP contribution in [0, 0.1) is 5.92 Å². The maximum Gasteiger partial charge on any atom is 0.265 e. The van der Waals surface area contributed by atoms with Crippen molar-refractivity contribution >= 4 is 23.4 Å². The molecule has 2 aliphatic heterocycles. The van der Waals surface area contributed by atoms with E-state index in [1.807, 2.05) is 60.7 Å². The zero-order chi connectivity index (χ0) is 23.7. The summed E-state index contributed by atoms with van der Waals surface area (Å²) in [5, 5.41) is 1.53. The van der Waals surface area contributed by atoms with Gasteiger partial charge in [0.2, 0.25) is 11.8 Å². The fourth-order valence-corrected chi connectivity index (χ4v) is 4.47. The first kappa shape index (κ1) is 21.8. The molecule has 2 aliphatic rings. The van der Waals surface area contributed by atoms with Crippen molar-refractivity contribution in [1.29, 1.82) is 0 Å². The number of anilines is 1. The van der Waals surface area contributed by atoms with Gasteiger partial charge in [0, 0.05) is 13.0 Å². The van der Waals surface area contributed by atoms with Crippen molar-refractivity contribution in [3.8, 4) is 11.5 Å². The highest BCUT2D eigenvalue weighted by Crippen LogP contribution is 2.46. The molecule has 172 valence electrons. The fourth-order valence-electron chi connectivity index (χ4n) is 4.47. The van der Waals surface area contributed by atoms with Gasteiger partial charge in [-0.05, 0) is 42.0 Å². The van der Waals surface area contributed by atoms with Crippen LogP contribution < -0.4 is 15.4 Å². The molecule has 2 saturated heterocycles. The number of nitrogens with zero attached hydrogens (tertiary/aromatic N) is 2. The van der Waals surface area contributed by atoms with Gasteiger partial charge in [-0.15, -0.1) is 0 Å². The molecule has 3 aromatic rings. The first-order valence-electron chi connectivity index (χ1n) is 11.0. The fraction of sp³-hybridized carbons (Fsp3) is 0.192. The van der Waals surface area contributed by atoms with Gasteiger partial charge in [-0.3, -0.25) is 19.2 Å². The zero-order valence-electron chi connectivity index (χ0n) is 18.2. The van der Waals surface area contributed by atoms with E-state index >= 15 is 0 Å². The molecule has 2 heterocycles. The summed E-state index contributed by atoms with van der Waals surface area (Å²) in [6.07, 6.45) is -0.953. The van der Waals surface area contributed by atoms with Crippen molar-refractivity contribution in [1.82, 2.24) is 5.06 Å². The number of imide groups is 1. The summed E-state index contributed by atoms with van der Waals surface area (Å²) in [6, 6.07) is 24.9. The molecule has 0 aromatic heterocycles. The van der Waals surface area contributed by atoms with Crippen LogP contribution in [0.1, 0.15) is 18.0 Å². The number of primary amides is 1. The third kappa shape index (κ3) is 4.05. The molecular weight excluding hydrogens is 434 g/mol. The highest BCUT2D eigenvalue weighted by molar-refractivity contribution is 6.23. The second-order valence-corrected chi connectivity index (χ2v) is 8.19. The Kier molecular flexibility index (Phi) is 5.83. The van der Waals surface area contributed by atoms with Crippen LogP contribution in [0.15, 0.2) is 84.9 Å². The van der Waals surface area contributed by atoms with Crippen molar-refractivity contribution in [3.63, 3.8) is 0 Å². The second-order valence-electron chi connectivity index (χ2n) is 8.19. The van der Waals surface area contributed by atoms with Crippen molar-refractivity contribution in [2.75, 3.05) is 11.4 Å². The van der Waals surface area contributed by atoms with Crippen LogP contribution in [0.25, 0.3) is 0 Å². The molecule has 2 fully saturated rings. The number of nitrogens with two attached hydrogens (primary N) is 1. The number of ether oxygens (including phenoxy) is 1. The number of para-hydroxylation sites is 2. The van der Waals surface area contributed by atoms with Gasteiger partial charge in [0.15, 0.2) is 6.10 Å². The van der Waals surface area contributed by atoms with Crippen LogP contribution in [0.5, 0.6) is 11.5 Å². The molecule has 0 spiro atoms. The van der Waals surface area contributed by atoms with E-state index in [9.17, 15) is 14.4 Å². The van der Waals surface area contributed by atoms with E-state index in [1.165, 1.54) is 9.96 Å². The van der Waals surface area contributed by atoms with E-state index < -0.39 is 29.9 Å². The number of rotatable bonds is 7. The summed E-state index contributed by atoms with van der Waals surface area (Å²) >= 11 is 0. The van der Waals surface area contributed by atoms with Crippen LogP contribution in [0.3, 0.4) is 0 Å². The zero-order valence-corrected chi connectivity index (χ0v) is 18.2. The molecular formula is C26H23N3O5. The van der Waals surface area contributed by atoms with E-state index in [-0.39, 0.29) is 18.9 Å². The largest absolute Gasteiger partial charge is 0.457 e. The SMILES string of the molecule is NC(=O)CCN1OC2C(=O)N(c3ccccc3)C(=O)C2C1c1cccc(Oc2ccccc2)c1. The van der Waals surface area contributed by atoms with Crippen LogP contribution in [0.4, 0.5) is 5.69 Å². The number of hydrogen-bond acceptors (Lipinski definition) is 6. The lowest BCUT2D eigenvalue weighted by Crippen LogP contribution is -2.38. The molecule has 34 heavy (non-hydrogen) atoms. The monoisotopic (exact) mass is 457 g/mol. The number of hydrogen-bond donors (Lipinski definition) is 1. The van der Waals surface area contributed by atoms with Gasteiger partial charge in [-0.2, -0.15) is 5.06 Å². The van der Waals surface area contributed by atoms with E-state index in [4.69, 9.17) is 15.3 Å². The lowest BCUT2D eigenvalue weighted by atomic mass is 9.90. The summed E-state index contributed by atoms with van der Waals surface area (Å²) in [6.45, 7) is 0.155. The number of benzene rings is 3. The average molecular weight is 457 g/mol. The van der Waals surface area contributed by atoms with Gasteiger partial charge in [-0.1, -0.05) is 48.5 Å². The molecule has 8 heteroatoms. The molecule has 3 amide bonds. The molecule has 0 aliphatic carbocycles. The topological polar surface area (TPSA) is 102 Å². The normalized spacial score (nSPS) is 22.1. The third-order valence-corrected chi connectivity index (χ3v) is 5.97. The first-order valence-corrected chi connectivity index (χ1v) is 11.0. The highest BCUT2D eigenvalue weighted by Gasteiger charge is 2.59. The number of carbonyl (C=O) groups is 3. The minimum Gasteiger partial charge on any atom is -0.457 e. The number of hydroxylamine groups is 2. The summed E-state index contributed by atoms with van der Waals surface area (Å²) in [5.41, 5.74) is 6.59. The van der Waals surface area contributed by atoms with Gasteiger partial charge in [0.25, 0.3) is 5.91 Å². The van der Waals surface area contributed by atoms with Gasteiger partial charge < -0.3 is 10.5 Å². The number of carbonyl (C=O) groups excluding carboxylic acids is 3. The molecule has 8 nitrogen and oxygen atoms in total. The Balaban J connectivity index is 1.49. The van der Waals surface area contributed by atoms with Crippen LogP contribution in [-0.4, -0.2) is 35.4 Å². The van der Waals surface area contributed by atoms with Gasteiger partial charge in [0.05, 0.1) is 17.6 Å². The highest BCUT2D eigenvalue weighted by atomic mass is 16.7. The first-order chi connectivity index (χ1) is 16.5. The summed E-state index contributed by atoms with van der Waals surface area (Å²) in [5.74, 6) is -0.782. The average Bonchev–Trinajstić information content (AvgIpc) is 3.34. The van der Waals surface area contributed by atoms with E-state index in [0.29, 0.717) is 17.2 Å². The summed E-state index contributed by atoms with van der Waals surface area (Å²) in [4.78, 5) is 45.3. The predicted molar refractivity (Wildman–Crippen MR) is 124 cm³/mol. The van der Waals surface area contributed by atoms with Crippen molar-refractivity contribution in [2.45, 2.75) is 18.6 Å². The van der Waals surface area contributed by atoms with Crippen molar-refractivity contribution < 1.29 is 24.0 Å². The predicted octanol–water partition coefficient (Wildman–Crippen LogP) is 3.20. The smallest absolute Gasteiger partial charge is 0.265 e. The van der Waals surface area contributed by atoms with Gasteiger partial charge in [0.1, 0.15) is 11.5 Å². The van der Waals surface area contributed by atoms with Gasteiger partial charge in [-0.25, -0.2) is 4.90 Å². The molecule has 0 radical (unpaired) electrons. The van der Waals surface area contributed by atoms with Crippen LogP contribution in [-0.2, 0) is 19.2 Å². The minimum atomic E-state index is -0.982. The molecule has 3 aromatic carbocycles. The van der Waals surface area contributed by atoms with Crippen LogP contribution >= 0.6 is 0 Å². The standard InChI is InChI=1S/C26H23N3O5/c27-21(30)14-15-28-23(17-8-7-13-20(16-17)33-19-11-5-2-6-12-19)22-24(34-28)26(32)29(25(22)31)18-9-3-1-4-10-18/h1-13,16,22-24H,14-15H2,(H2,27,30). The Hall–Kier alpha value is -4.01. The Labute approximate surface area is 196 Å². The Morgan fingerprint density at radius 3 is 2.26 bits per heavy atom. The quantitative estimate of drug-likeness (QED) is 0.547. The molecule has 3 atom stereocenters. The van der Waals surface area contributed by atoms with E-state index in [1.54, 1.807) is 24.3 Å². The minimum absolute atomic E-state index is 0.0287. The second kappa shape index (κ2) is 9.09. The van der Waals surface area contributed by atoms with Crippen molar-refractivity contribution in [3.05, 3.63) is 90.5 Å². The Morgan fingerprint density at radius 1 is 0.882 bits per heavy atom. The Bertz CT molecular complexity index is 1220. The van der Waals surface area contributed by atoms with Crippen LogP contribution in [0.2, 0.25) is 0 Å². The third-order valence-electron chi connectivity index (χ3n) is 5.97. The maximum absolute atomic E-state index is 13.5. The Morgan fingerprint density at radius 2 is 1.56 bits per heavy atom. The van der Waals surface area contributed by atoms with Crippen molar-refractivity contribution in [2.24, 2.45) is 11.7 Å². The number of fused-ring (bicyclic) bond motifs is 1. The molecule has 3 unspecified atom stereocenters. The lowest BCUT2D eigenvalue weighted by molar-refractivity contribution is -0.173. The number of amides is 3. The molecule has 2 N–H and O–H groups in total. The summed E-state index contributed by atoms with van der Waals surface area (Å²) < 4.78 is 5.97.